The first-order valence-corrected chi connectivity index (χ1v) is 8.21. The van der Waals surface area contributed by atoms with Crippen molar-refractivity contribution in [2.24, 2.45) is 0 Å². The van der Waals surface area contributed by atoms with E-state index in [0.29, 0.717) is 5.75 Å². The molecule has 0 radical (unpaired) electrons. The van der Waals surface area contributed by atoms with E-state index in [9.17, 15) is 9.00 Å². The summed E-state index contributed by atoms with van der Waals surface area (Å²) in [6, 6.07) is 7.46. The Morgan fingerprint density at radius 2 is 2.00 bits per heavy atom. The molecular weight excluding hydrogens is 254 g/mol. The number of thioether (sulfide) groups is 1. The van der Waals surface area contributed by atoms with Crippen LogP contribution in [0.4, 0.5) is 0 Å². The molecule has 1 N–H and O–H groups in total. The van der Waals surface area contributed by atoms with Crippen LogP contribution in [0.15, 0.2) is 29.2 Å². The van der Waals surface area contributed by atoms with E-state index >= 15 is 0 Å². The number of hydrogen-bond donors (Lipinski definition) is 1. The summed E-state index contributed by atoms with van der Waals surface area (Å²) >= 11 is 1.50. The standard InChI is InChI=1S/C12H17NO2S2/c1-9(13-12(14)8-16-2)10-4-6-11(7-5-10)17(3)15/h4-7,9H,8H2,1-3H3,(H,13,14)/t9-,17+/m1/s1. The third kappa shape index (κ3) is 4.52. The molecule has 5 heteroatoms. The summed E-state index contributed by atoms with van der Waals surface area (Å²) in [5.74, 6) is 0.509. The highest BCUT2D eigenvalue weighted by Crippen LogP contribution is 2.15. The quantitative estimate of drug-likeness (QED) is 0.890. The van der Waals surface area contributed by atoms with Crippen molar-refractivity contribution < 1.29 is 9.00 Å². The van der Waals surface area contributed by atoms with Crippen LogP contribution in [0.1, 0.15) is 18.5 Å². The molecule has 1 rings (SSSR count). The number of rotatable bonds is 5. The molecule has 1 aromatic carbocycles. The fourth-order valence-electron chi connectivity index (χ4n) is 1.45. The summed E-state index contributed by atoms with van der Waals surface area (Å²) in [6.45, 7) is 1.94. The Morgan fingerprint density at radius 1 is 1.41 bits per heavy atom. The van der Waals surface area contributed by atoms with Crippen LogP contribution < -0.4 is 5.32 Å². The van der Waals surface area contributed by atoms with Gasteiger partial charge in [0.1, 0.15) is 0 Å². The summed E-state index contributed by atoms with van der Waals surface area (Å²) in [5, 5.41) is 2.91. The van der Waals surface area contributed by atoms with E-state index in [0.717, 1.165) is 10.5 Å². The second kappa shape index (κ2) is 6.81. The van der Waals surface area contributed by atoms with Gasteiger partial charge in [-0.2, -0.15) is 11.8 Å². The van der Waals surface area contributed by atoms with Crippen molar-refractivity contribution in [1.82, 2.24) is 5.32 Å². The lowest BCUT2D eigenvalue weighted by molar-refractivity contribution is -0.119. The van der Waals surface area contributed by atoms with Crippen molar-refractivity contribution in [3.8, 4) is 0 Å². The Hall–Kier alpha value is -0.810. The molecule has 1 amide bonds. The SMILES string of the molecule is CSCC(=O)N[C@H](C)c1ccc([S@](C)=O)cc1. The van der Waals surface area contributed by atoms with Crippen molar-refractivity contribution in [3.05, 3.63) is 29.8 Å². The Balaban J connectivity index is 2.66. The molecule has 1 aromatic rings. The summed E-state index contributed by atoms with van der Waals surface area (Å²) < 4.78 is 11.2. The first kappa shape index (κ1) is 14.3. The van der Waals surface area contributed by atoms with Gasteiger partial charge in [0.2, 0.25) is 5.91 Å². The number of carbonyl (C=O) groups is 1. The third-order valence-corrected chi connectivity index (χ3v) is 3.85. The summed E-state index contributed by atoms with van der Waals surface area (Å²) in [4.78, 5) is 12.2. The summed E-state index contributed by atoms with van der Waals surface area (Å²) in [6.07, 6.45) is 3.55. The first-order valence-electron chi connectivity index (χ1n) is 5.26. The zero-order valence-electron chi connectivity index (χ0n) is 10.2. The molecule has 3 nitrogen and oxygen atoms in total. The zero-order chi connectivity index (χ0) is 12.8. The summed E-state index contributed by atoms with van der Waals surface area (Å²) in [7, 11) is -0.955. The monoisotopic (exact) mass is 271 g/mol. The van der Waals surface area contributed by atoms with Gasteiger partial charge >= 0.3 is 0 Å². The van der Waals surface area contributed by atoms with Crippen molar-refractivity contribution in [1.29, 1.82) is 0 Å². The van der Waals surface area contributed by atoms with Gasteiger partial charge in [-0.05, 0) is 30.9 Å². The second-order valence-electron chi connectivity index (χ2n) is 3.75. The molecule has 0 fully saturated rings. The van der Waals surface area contributed by atoms with Gasteiger partial charge in [0.15, 0.2) is 0 Å². The molecule has 94 valence electrons. The number of amides is 1. The molecule has 0 aromatic heterocycles. The van der Waals surface area contributed by atoms with Crippen molar-refractivity contribution in [2.45, 2.75) is 17.9 Å². The third-order valence-electron chi connectivity index (χ3n) is 2.36. The molecule has 0 unspecified atom stereocenters. The van der Waals surface area contributed by atoms with E-state index in [1.165, 1.54) is 11.8 Å². The van der Waals surface area contributed by atoms with Gasteiger partial charge in [-0.1, -0.05) is 12.1 Å². The minimum absolute atomic E-state index is 0.0195. The number of carbonyl (C=O) groups excluding carboxylic acids is 1. The number of nitrogens with one attached hydrogen (secondary N) is 1. The zero-order valence-corrected chi connectivity index (χ0v) is 11.9. The van der Waals surface area contributed by atoms with E-state index in [4.69, 9.17) is 0 Å². The van der Waals surface area contributed by atoms with Crippen LogP contribution in [0.5, 0.6) is 0 Å². The van der Waals surface area contributed by atoms with E-state index < -0.39 is 10.8 Å². The lowest BCUT2D eigenvalue weighted by Crippen LogP contribution is -2.28. The second-order valence-corrected chi connectivity index (χ2v) is 5.99. The van der Waals surface area contributed by atoms with Crippen LogP contribution in [-0.2, 0) is 15.6 Å². The normalized spacial score (nSPS) is 14.1. The molecule has 2 atom stereocenters. The number of benzene rings is 1. The van der Waals surface area contributed by atoms with Crippen LogP contribution in [0.25, 0.3) is 0 Å². The van der Waals surface area contributed by atoms with Crippen molar-refractivity contribution in [3.63, 3.8) is 0 Å². The lowest BCUT2D eigenvalue weighted by atomic mass is 10.1. The van der Waals surface area contributed by atoms with Gasteiger partial charge in [0.25, 0.3) is 0 Å². The minimum atomic E-state index is -0.955. The first-order chi connectivity index (χ1) is 8.04. The summed E-state index contributed by atoms with van der Waals surface area (Å²) in [5.41, 5.74) is 1.02. The molecular formula is C12H17NO2S2. The fraction of sp³-hybridized carbons (Fsp3) is 0.417. The maximum absolute atomic E-state index is 11.4. The molecule has 0 saturated carbocycles. The van der Waals surface area contributed by atoms with E-state index in [-0.39, 0.29) is 11.9 Å². The number of hydrogen-bond acceptors (Lipinski definition) is 3. The van der Waals surface area contributed by atoms with Crippen molar-refractivity contribution >= 4 is 28.5 Å². The Bertz CT molecular complexity index is 403. The molecule has 0 aliphatic carbocycles. The van der Waals surface area contributed by atoms with Crippen LogP contribution >= 0.6 is 11.8 Å². The van der Waals surface area contributed by atoms with Gasteiger partial charge in [-0.3, -0.25) is 9.00 Å². The molecule has 0 spiro atoms. The maximum atomic E-state index is 11.4. The lowest BCUT2D eigenvalue weighted by Gasteiger charge is -2.14. The van der Waals surface area contributed by atoms with E-state index in [2.05, 4.69) is 5.32 Å². The Labute approximate surface area is 109 Å². The highest BCUT2D eigenvalue weighted by molar-refractivity contribution is 7.99. The van der Waals surface area contributed by atoms with Gasteiger partial charge in [0, 0.05) is 22.0 Å². The van der Waals surface area contributed by atoms with Crippen molar-refractivity contribution in [2.75, 3.05) is 18.3 Å². The predicted octanol–water partition coefficient (Wildman–Crippen LogP) is 1.96. The van der Waals surface area contributed by atoms with Crippen LogP contribution in [-0.4, -0.2) is 28.4 Å². The maximum Gasteiger partial charge on any atom is 0.230 e. The van der Waals surface area contributed by atoms with Gasteiger partial charge in [-0.15, -0.1) is 0 Å². The van der Waals surface area contributed by atoms with Gasteiger partial charge in [-0.25, -0.2) is 0 Å². The molecule has 0 bridgehead atoms. The predicted molar refractivity (Wildman–Crippen MR) is 73.7 cm³/mol. The van der Waals surface area contributed by atoms with Crippen LogP contribution in [0.2, 0.25) is 0 Å². The largest absolute Gasteiger partial charge is 0.349 e. The molecule has 0 aliphatic rings. The van der Waals surface area contributed by atoms with Crippen LogP contribution in [0.3, 0.4) is 0 Å². The molecule has 0 heterocycles. The molecule has 17 heavy (non-hydrogen) atoms. The molecule has 0 saturated heterocycles. The average Bonchev–Trinajstić information content (AvgIpc) is 2.29. The molecule has 0 aliphatic heterocycles. The average molecular weight is 271 g/mol. The fourth-order valence-corrected chi connectivity index (χ4v) is 2.31. The minimum Gasteiger partial charge on any atom is -0.349 e. The Morgan fingerprint density at radius 3 is 2.47 bits per heavy atom. The topological polar surface area (TPSA) is 46.2 Å². The smallest absolute Gasteiger partial charge is 0.230 e. The van der Waals surface area contributed by atoms with Crippen LogP contribution in [0, 0.1) is 0 Å². The van der Waals surface area contributed by atoms with E-state index in [1.807, 2.05) is 37.4 Å². The highest BCUT2D eigenvalue weighted by atomic mass is 32.2. The Kier molecular flexibility index (Phi) is 5.71. The van der Waals surface area contributed by atoms with Gasteiger partial charge < -0.3 is 5.32 Å². The highest BCUT2D eigenvalue weighted by Gasteiger charge is 2.09. The van der Waals surface area contributed by atoms with Gasteiger partial charge in [0.05, 0.1) is 11.8 Å². The van der Waals surface area contributed by atoms with E-state index in [1.54, 1.807) is 6.26 Å².